The maximum absolute atomic E-state index is 13.6. The summed E-state index contributed by atoms with van der Waals surface area (Å²) in [5, 5.41) is 10.9. The van der Waals surface area contributed by atoms with Crippen LogP contribution in [0.25, 0.3) is 11.1 Å². The largest absolute Gasteiger partial charge is 0.507 e. The number of ether oxygens (including phenoxy) is 2. The number of amides is 1. The van der Waals surface area contributed by atoms with Gasteiger partial charge in [-0.25, -0.2) is 9.78 Å². The number of hydrogen-bond donors (Lipinski definition) is 1. The number of pyridine rings is 1. The molecule has 4 atom stereocenters. The summed E-state index contributed by atoms with van der Waals surface area (Å²) in [6, 6.07) is 8.67. The van der Waals surface area contributed by atoms with Crippen molar-refractivity contribution in [3.05, 3.63) is 76.5 Å². The van der Waals surface area contributed by atoms with Gasteiger partial charge in [0, 0.05) is 24.2 Å². The smallest absolute Gasteiger partial charge is 0.416 e. The van der Waals surface area contributed by atoms with E-state index in [-0.39, 0.29) is 42.8 Å². The molecular formula is C33H31F6N3O5. The molecule has 0 spiro atoms. The summed E-state index contributed by atoms with van der Waals surface area (Å²) in [7, 11) is 0. The van der Waals surface area contributed by atoms with Crippen molar-refractivity contribution in [3.63, 3.8) is 0 Å². The molecule has 47 heavy (non-hydrogen) atoms. The van der Waals surface area contributed by atoms with Crippen LogP contribution in [-0.2, 0) is 33.2 Å². The topological polar surface area (TPSA) is 92.2 Å². The molecule has 1 saturated carbocycles. The van der Waals surface area contributed by atoms with Crippen molar-refractivity contribution in [2.75, 3.05) is 24.6 Å². The van der Waals surface area contributed by atoms with Gasteiger partial charge < -0.3 is 19.5 Å². The van der Waals surface area contributed by atoms with Crippen LogP contribution in [0.1, 0.15) is 66.7 Å². The quantitative estimate of drug-likeness (QED) is 0.198. The Hall–Kier alpha value is -4.49. The molecule has 2 saturated heterocycles. The molecule has 250 valence electrons. The zero-order valence-electron chi connectivity index (χ0n) is 25.4. The molecule has 2 aliphatic heterocycles. The molecule has 1 N–H and O–H groups in total. The van der Waals surface area contributed by atoms with Gasteiger partial charge in [0.15, 0.2) is 0 Å². The number of nitrogens with zero attached hydrogens (tertiary/aromatic N) is 3. The number of carbonyl (C=O) groups excluding carboxylic acids is 2. The molecule has 0 unspecified atom stereocenters. The van der Waals surface area contributed by atoms with Gasteiger partial charge in [0.1, 0.15) is 17.7 Å². The van der Waals surface area contributed by atoms with E-state index < -0.39 is 47.3 Å². The van der Waals surface area contributed by atoms with Crippen LogP contribution in [0.4, 0.5) is 37.0 Å². The maximum atomic E-state index is 13.6. The summed E-state index contributed by atoms with van der Waals surface area (Å²) in [5.41, 5.74) is -1.47. The number of alkyl halides is 6. The van der Waals surface area contributed by atoms with Crippen LogP contribution in [0.15, 0.2) is 48.5 Å². The number of phenols is 1. The van der Waals surface area contributed by atoms with Crippen molar-refractivity contribution < 1.29 is 50.5 Å². The Morgan fingerprint density at radius 3 is 2.26 bits per heavy atom. The fourth-order valence-corrected chi connectivity index (χ4v) is 6.11. The molecule has 8 nitrogen and oxygen atoms in total. The number of rotatable bonds is 8. The molecule has 3 heterocycles. The third-order valence-electron chi connectivity index (χ3n) is 8.91. The van der Waals surface area contributed by atoms with Gasteiger partial charge in [0.25, 0.3) is 0 Å². The number of aromatic nitrogens is 1. The van der Waals surface area contributed by atoms with Crippen molar-refractivity contribution in [1.29, 1.82) is 0 Å². The van der Waals surface area contributed by atoms with E-state index in [0.717, 1.165) is 25.1 Å². The number of hydrogen-bond acceptors (Lipinski definition) is 7. The number of carbonyl (C=O) groups is 2. The van der Waals surface area contributed by atoms with Crippen molar-refractivity contribution in [2.45, 2.75) is 63.7 Å². The van der Waals surface area contributed by atoms with Crippen molar-refractivity contribution >= 4 is 17.9 Å². The Morgan fingerprint density at radius 1 is 0.979 bits per heavy atom. The van der Waals surface area contributed by atoms with E-state index in [9.17, 15) is 41.0 Å². The number of anilines is 1. The lowest BCUT2D eigenvalue weighted by Gasteiger charge is -2.33. The first kappa shape index (κ1) is 32.5. The van der Waals surface area contributed by atoms with Crippen LogP contribution in [-0.4, -0.2) is 52.8 Å². The standard InChI is InChI=1S/C33H31F6N3O5/c1-3-46-30(44)25-15-23(25)18-5-7-27(43)24(13-18)22-6-8-28(41-9-4-10-41)40-26(22)16-42-17(2)29(47-31(42)45)19-11-20(32(34,35)36)14-21(12-19)33(37,38)39/h5-8,11-14,17,23,25,29,43H,3-4,9-10,15-16H2,1-2H3/t17-,23+,25-,29-/m0/s1. The highest BCUT2D eigenvalue weighted by Gasteiger charge is 2.46. The van der Waals surface area contributed by atoms with Gasteiger partial charge >= 0.3 is 24.4 Å². The number of phenolic OH excluding ortho intramolecular Hbond substituents is 1. The third-order valence-corrected chi connectivity index (χ3v) is 8.91. The number of cyclic esters (lactones) is 1. The molecule has 3 fully saturated rings. The molecular weight excluding hydrogens is 632 g/mol. The van der Waals surface area contributed by atoms with Gasteiger partial charge in [0.05, 0.1) is 41.9 Å². The highest BCUT2D eigenvalue weighted by molar-refractivity contribution is 5.79. The predicted octanol–water partition coefficient (Wildman–Crippen LogP) is 7.45. The number of esters is 1. The Labute approximate surface area is 265 Å². The predicted molar refractivity (Wildman–Crippen MR) is 156 cm³/mol. The minimum atomic E-state index is -5.06. The van der Waals surface area contributed by atoms with Crippen LogP contribution in [0, 0.1) is 5.92 Å². The van der Waals surface area contributed by atoms with Gasteiger partial charge in [-0.1, -0.05) is 6.07 Å². The van der Waals surface area contributed by atoms with Gasteiger partial charge in [-0.3, -0.25) is 9.69 Å². The monoisotopic (exact) mass is 663 g/mol. The molecule has 14 heteroatoms. The SMILES string of the molecule is CCOC(=O)[C@H]1C[C@@H]1c1ccc(O)c(-c2ccc(N3CCC3)nc2CN2C(=O)O[C@H](c3cc(C(F)(F)F)cc(C(F)(F)F)c3)[C@@H]2C)c1. The summed E-state index contributed by atoms with van der Waals surface area (Å²) in [6.45, 7) is 4.76. The Kier molecular flexibility index (Phi) is 8.25. The maximum Gasteiger partial charge on any atom is 0.416 e. The van der Waals surface area contributed by atoms with Crippen LogP contribution < -0.4 is 4.90 Å². The van der Waals surface area contributed by atoms with Gasteiger partial charge in [-0.15, -0.1) is 0 Å². The van der Waals surface area contributed by atoms with Crippen LogP contribution in [0.3, 0.4) is 0 Å². The number of aromatic hydroxyl groups is 1. The van der Waals surface area contributed by atoms with Crippen molar-refractivity contribution in [1.82, 2.24) is 9.88 Å². The van der Waals surface area contributed by atoms with Crippen LogP contribution >= 0.6 is 0 Å². The highest BCUT2D eigenvalue weighted by atomic mass is 19.4. The molecule has 1 aromatic heterocycles. The molecule has 0 radical (unpaired) electrons. The first-order valence-corrected chi connectivity index (χ1v) is 15.2. The normalized spacial score (nSPS) is 22.6. The van der Waals surface area contributed by atoms with E-state index in [2.05, 4.69) is 0 Å². The van der Waals surface area contributed by atoms with Crippen LogP contribution in [0.2, 0.25) is 0 Å². The van der Waals surface area contributed by atoms with Crippen molar-refractivity contribution in [2.24, 2.45) is 5.92 Å². The second-order valence-electron chi connectivity index (χ2n) is 12.0. The lowest BCUT2D eigenvalue weighted by atomic mass is 9.96. The van der Waals surface area contributed by atoms with Crippen LogP contribution in [0.5, 0.6) is 5.75 Å². The highest BCUT2D eigenvalue weighted by Crippen LogP contribution is 2.50. The second-order valence-corrected chi connectivity index (χ2v) is 12.0. The minimum Gasteiger partial charge on any atom is -0.507 e. The average Bonchev–Trinajstić information content (AvgIpc) is 3.73. The molecule has 0 bridgehead atoms. The summed E-state index contributed by atoms with van der Waals surface area (Å²) < 4.78 is 92.0. The van der Waals surface area contributed by atoms with E-state index in [1.807, 2.05) is 4.90 Å². The fraction of sp³-hybridized carbons (Fsp3) is 0.424. The van der Waals surface area contributed by atoms with Gasteiger partial charge in [-0.2, -0.15) is 26.3 Å². The second kappa shape index (κ2) is 11.9. The van der Waals surface area contributed by atoms with E-state index >= 15 is 0 Å². The molecule has 1 amide bonds. The first-order valence-electron chi connectivity index (χ1n) is 15.2. The fourth-order valence-electron chi connectivity index (χ4n) is 6.11. The molecule has 1 aliphatic carbocycles. The van der Waals surface area contributed by atoms with Gasteiger partial charge in [0.2, 0.25) is 0 Å². The van der Waals surface area contributed by atoms with Gasteiger partial charge in [-0.05, 0) is 86.2 Å². The minimum absolute atomic E-state index is 0.0252. The lowest BCUT2D eigenvalue weighted by Crippen LogP contribution is -2.38. The molecule has 3 aliphatic rings. The van der Waals surface area contributed by atoms with E-state index in [0.29, 0.717) is 41.2 Å². The summed E-state index contributed by atoms with van der Waals surface area (Å²) in [5.74, 6) is -0.175. The Balaban J connectivity index is 1.34. The summed E-state index contributed by atoms with van der Waals surface area (Å²) in [6.07, 6.45) is -11.0. The molecule has 6 rings (SSSR count). The van der Waals surface area contributed by atoms with E-state index in [1.165, 1.54) is 17.9 Å². The Bertz CT molecular complexity index is 1670. The average molecular weight is 664 g/mol. The first-order chi connectivity index (χ1) is 22.2. The molecule has 2 aromatic carbocycles. The number of halogens is 6. The van der Waals surface area contributed by atoms with E-state index in [4.69, 9.17) is 14.5 Å². The summed E-state index contributed by atoms with van der Waals surface area (Å²) >= 11 is 0. The molecule has 3 aromatic rings. The summed E-state index contributed by atoms with van der Waals surface area (Å²) in [4.78, 5) is 33.4. The third kappa shape index (κ3) is 6.41. The zero-order chi connectivity index (χ0) is 33.8. The Morgan fingerprint density at radius 2 is 1.66 bits per heavy atom. The van der Waals surface area contributed by atoms with E-state index in [1.54, 1.807) is 31.2 Å². The lowest BCUT2D eigenvalue weighted by molar-refractivity contribution is -0.145. The zero-order valence-corrected chi connectivity index (χ0v) is 25.4. The number of benzene rings is 2. The van der Waals surface area contributed by atoms with Crippen molar-refractivity contribution in [3.8, 4) is 16.9 Å².